The van der Waals surface area contributed by atoms with Gasteiger partial charge < -0.3 is 9.64 Å². The number of amides is 1. The van der Waals surface area contributed by atoms with Crippen molar-refractivity contribution in [1.29, 1.82) is 0 Å². The van der Waals surface area contributed by atoms with Gasteiger partial charge in [0.2, 0.25) is 15.9 Å². The molecule has 1 amide bonds. The lowest BCUT2D eigenvalue weighted by Gasteiger charge is -2.34. The van der Waals surface area contributed by atoms with Crippen LogP contribution in [-0.4, -0.2) is 60.9 Å². The summed E-state index contributed by atoms with van der Waals surface area (Å²) < 4.78 is 33.0. The summed E-state index contributed by atoms with van der Waals surface area (Å²) in [6.45, 7) is 2.52. The van der Waals surface area contributed by atoms with Crippen LogP contribution < -0.4 is 0 Å². The highest BCUT2D eigenvalue weighted by atomic mass is 32.2. The van der Waals surface area contributed by atoms with Crippen LogP contribution in [0.3, 0.4) is 0 Å². The fourth-order valence-corrected chi connectivity index (χ4v) is 5.81. The molecule has 8 heteroatoms. The van der Waals surface area contributed by atoms with Crippen LogP contribution in [0.15, 0.2) is 59.8 Å². The summed E-state index contributed by atoms with van der Waals surface area (Å²) >= 11 is 0. The lowest BCUT2D eigenvalue weighted by Crippen LogP contribution is -2.45. The van der Waals surface area contributed by atoms with Crippen LogP contribution in [0.5, 0.6) is 0 Å². The molecule has 0 bridgehead atoms. The lowest BCUT2D eigenvalue weighted by molar-refractivity contribution is -0.139. The molecule has 3 heterocycles. The number of piperidine rings is 1. The monoisotopic (exact) mass is 443 g/mol. The number of pyridine rings is 1. The van der Waals surface area contributed by atoms with Crippen molar-refractivity contribution in [1.82, 2.24) is 14.2 Å². The normalized spacial score (nSPS) is 20.6. The largest absolute Gasteiger partial charge is 0.376 e. The quantitative estimate of drug-likeness (QED) is 0.657. The summed E-state index contributed by atoms with van der Waals surface area (Å²) in [5.41, 5.74) is 0.984. The Bertz CT molecular complexity index is 955. The third-order valence-corrected chi connectivity index (χ3v) is 7.95. The van der Waals surface area contributed by atoms with E-state index in [1.54, 1.807) is 42.7 Å². The molecule has 1 aromatic carbocycles. The third kappa shape index (κ3) is 5.31. The zero-order chi connectivity index (χ0) is 21.7. The second-order valence-corrected chi connectivity index (χ2v) is 10.1. The van der Waals surface area contributed by atoms with Crippen LogP contribution in [0.1, 0.15) is 31.2 Å². The minimum Gasteiger partial charge on any atom is -0.376 e. The van der Waals surface area contributed by atoms with Gasteiger partial charge in [-0.2, -0.15) is 4.31 Å². The predicted octanol–water partition coefficient (Wildman–Crippen LogP) is 2.69. The van der Waals surface area contributed by atoms with Crippen molar-refractivity contribution in [2.75, 3.05) is 26.2 Å². The molecule has 0 N–H and O–H groups in total. The van der Waals surface area contributed by atoms with Crippen LogP contribution >= 0.6 is 0 Å². The molecule has 166 valence electrons. The van der Waals surface area contributed by atoms with E-state index in [9.17, 15) is 13.2 Å². The van der Waals surface area contributed by atoms with Gasteiger partial charge in [-0.15, -0.1) is 0 Å². The van der Waals surface area contributed by atoms with Gasteiger partial charge in [-0.1, -0.05) is 24.3 Å². The molecule has 1 unspecified atom stereocenters. The van der Waals surface area contributed by atoms with E-state index < -0.39 is 10.0 Å². The molecule has 2 aliphatic heterocycles. The maximum Gasteiger partial charge on any atom is 0.243 e. The zero-order valence-electron chi connectivity index (χ0n) is 17.6. The number of hydrogen-bond donors (Lipinski definition) is 0. The maximum absolute atomic E-state index is 13.4. The van der Waals surface area contributed by atoms with Crippen molar-refractivity contribution in [3.05, 3.63) is 60.4 Å². The molecule has 0 spiro atoms. The topological polar surface area (TPSA) is 79.8 Å². The summed E-state index contributed by atoms with van der Waals surface area (Å²) in [7, 11) is -3.52. The Morgan fingerprint density at radius 3 is 2.52 bits per heavy atom. The van der Waals surface area contributed by atoms with E-state index in [0.717, 1.165) is 25.0 Å². The molecule has 2 aliphatic rings. The molecule has 2 saturated heterocycles. The van der Waals surface area contributed by atoms with Gasteiger partial charge in [-0.3, -0.25) is 9.78 Å². The molecule has 31 heavy (non-hydrogen) atoms. The van der Waals surface area contributed by atoms with Gasteiger partial charge in [0.15, 0.2) is 0 Å². The van der Waals surface area contributed by atoms with Crippen molar-refractivity contribution in [2.24, 2.45) is 5.92 Å². The van der Waals surface area contributed by atoms with E-state index in [1.807, 2.05) is 17.0 Å². The van der Waals surface area contributed by atoms with E-state index in [4.69, 9.17) is 4.74 Å². The summed E-state index contributed by atoms with van der Waals surface area (Å²) in [5, 5.41) is 0. The van der Waals surface area contributed by atoms with E-state index in [0.29, 0.717) is 43.9 Å². The molecule has 0 radical (unpaired) electrons. The Hall–Kier alpha value is -2.29. The van der Waals surface area contributed by atoms with Crippen molar-refractivity contribution in [3.63, 3.8) is 0 Å². The SMILES string of the molecule is O=C(C1CCN(S(=O)(=O)c2ccccc2)CC1)N(Cc1cccnc1)CC1CCCO1. The van der Waals surface area contributed by atoms with Gasteiger partial charge in [0.05, 0.1) is 11.0 Å². The van der Waals surface area contributed by atoms with Crippen LogP contribution in [0.4, 0.5) is 0 Å². The predicted molar refractivity (Wildman–Crippen MR) is 117 cm³/mol. The van der Waals surface area contributed by atoms with Gasteiger partial charge in [0.1, 0.15) is 0 Å². The molecule has 0 saturated carbocycles. The minimum absolute atomic E-state index is 0.0687. The highest BCUT2D eigenvalue weighted by Gasteiger charge is 2.34. The van der Waals surface area contributed by atoms with E-state index in [-0.39, 0.29) is 17.9 Å². The summed E-state index contributed by atoms with van der Waals surface area (Å²) in [6, 6.07) is 12.3. The molecule has 1 atom stereocenters. The number of aromatic nitrogens is 1. The summed E-state index contributed by atoms with van der Waals surface area (Å²) in [4.78, 5) is 19.7. The summed E-state index contributed by atoms with van der Waals surface area (Å²) in [5.74, 6) is -0.101. The Kier molecular flexibility index (Phi) is 6.99. The number of carbonyl (C=O) groups excluding carboxylic acids is 1. The molecule has 2 aromatic rings. The van der Waals surface area contributed by atoms with Gasteiger partial charge in [0, 0.05) is 51.1 Å². The first-order valence-electron chi connectivity index (χ1n) is 10.9. The number of hydrogen-bond acceptors (Lipinski definition) is 5. The Balaban J connectivity index is 1.42. The molecule has 2 fully saturated rings. The molecular weight excluding hydrogens is 414 g/mol. The zero-order valence-corrected chi connectivity index (χ0v) is 18.4. The molecule has 7 nitrogen and oxygen atoms in total. The lowest BCUT2D eigenvalue weighted by atomic mass is 9.96. The first-order chi connectivity index (χ1) is 15.0. The van der Waals surface area contributed by atoms with Crippen LogP contribution in [0.2, 0.25) is 0 Å². The van der Waals surface area contributed by atoms with Crippen LogP contribution in [0.25, 0.3) is 0 Å². The number of ether oxygens (including phenoxy) is 1. The maximum atomic E-state index is 13.4. The van der Waals surface area contributed by atoms with Gasteiger partial charge in [0.25, 0.3) is 0 Å². The second-order valence-electron chi connectivity index (χ2n) is 8.21. The summed E-state index contributed by atoms with van der Waals surface area (Å²) in [6.07, 6.45) is 6.61. The Labute approximate surface area is 184 Å². The number of sulfonamides is 1. The Morgan fingerprint density at radius 2 is 1.87 bits per heavy atom. The molecular formula is C23H29N3O4S. The highest BCUT2D eigenvalue weighted by molar-refractivity contribution is 7.89. The average molecular weight is 444 g/mol. The molecule has 4 rings (SSSR count). The smallest absolute Gasteiger partial charge is 0.243 e. The van der Waals surface area contributed by atoms with Crippen molar-refractivity contribution < 1.29 is 17.9 Å². The van der Waals surface area contributed by atoms with E-state index in [1.165, 1.54) is 4.31 Å². The first-order valence-corrected chi connectivity index (χ1v) is 12.3. The van der Waals surface area contributed by atoms with Crippen LogP contribution in [0, 0.1) is 5.92 Å². The first kappa shape index (κ1) is 21.9. The third-order valence-electron chi connectivity index (χ3n) is 6.04. The highest BCUT2D eigenvalue weighted by Crippen LogP contribution is 2.26. The molecule has 0 aliphatic carbocycles. The number of nitrogens with zero attached hydrogens (tertiary/aromatic N) is 3. The fraction of sp³-hybridized carbons (Fsp3) is 0.478. The standard InChI is InChI=1S/C23H29N3O4S/c27-23(25(18-21-7-5-15-30-21)17-19-6-4-12-24-16-19)20-10-13-26(14-11-20)31(28,29)22-8-2-1-3-9-22/h1-4,6,8-9,12,16,20-21H,5,7,10-11,13-15,17-18H2. The van der Waals surface area contributed by atoms with Gasteiger partial charge in [-0.25, -0.2) is 8.42 Å². The number of rotatable bonds is 7. The number of carbonyl (C=O) groups is 1. The van der Waals surface area contributed by atoms with Crippen LogP contribution in [-0.2, 0) is 26.1 Å². The average Bonchev–Trinajstić information content (AvgIpc) is 3.33. The van der Waals surface area contributed by atoms with Crippen molar-refractivity contribution in [3.8, 4) is 0 Å². The minimum atomic E-state index is -3.52. The van der Waals surface area contributed by atoms with Gasteiger partial charge >= 0.3 is 0 Å². The fourth-order valence-electron chi connectivity index (χ4n) is 4.32. The van der Waals surface area contributed by atoms with E-state index >= 15 is 0 Å². The molecule has 1 aromatic heterocycles. The van der Waals surface area contributed by atoms with Crippen molar-refractivity contribution in [2.45, 2.75) is 43.2 Å². The number of benzene rings is 1. The Morgan fingerprint density at radius 1 is 1.10 bits per heavy atom. The second kappa shape index (κ2) is 9.89. The van der Waals surface area contributed by atoms with Gasteiger partial charge in [-0.05, 0) is 49.4 Å². The van der Waals surface area contributed by atoms with E-state index in [2.05, 4.69) is 4.98 Å². The van der Waals surface area contributed by atoms with Crippen molar-refractivity contribution >= 4 is 15.9 Å².